The van der Waals surface area contributed by atoms with E-state index in [1.807, 2.05) is 44.2 Å². The molecule has 0 saturated carbocycles. The largest absolute Gasteiger partial charge is 0.481 e. The predicted molar refractivity (Wildman–Crippen MR) is 110 cm³/mol. The van der Waals surface area contributed by atoms with Crippen molar-refractivity contribution in [2.75, 3.05) is 0 Å². The molecule has 2 rings (SSSR count). The van der Waals surface area contributed by atoms with Crippen LogP contribution in [0, 0.1) is 0 Å². The van der Waals surface area contributed by atoms with Gasteiger partial charge in [-0.1, -0.05) is 60.7 Å². The molecule has 5 nitrogen and oxygen atoms in total. The van der Waals surface area contributed by atoms with Crippen molar-refractivity contribution in [2.24, 2.45) is 0 Å². The van der Waals surface area contributed by atoms with Crippen LogP contribution in [0.4, 0.5) is 4.79 Å². The highest BCUT2D eigenvalue weighted by molar-refractivity contribution is 5.69. The van der Waals surface area contributed by atoms with Gasteiger partial charge in [0.25, 0.3) is 0 Å². The average Bonchev–Trinajstić information content (AvgIpc) is 2.65. The maximum Gasteiger partial charge on any atom is 0.411 e. The van der Waals surface area contributed by atoms with Gasteiger partial charge < -0.3 is 9.84 Å². The minimum absolute atomic E-state index is 0.116. The number of hydrogen-bond acceptors (Lipinski definition) is 3. The molecule has 5 heteroatoms. The molecule has 0 bridgehead atoms. The Kier molecular flexibility index (Phi) is 7.81. The molecule has 0 unspecified atom stereocenters. The average molecular weight is 381 g/mol. The van der Waals surface area contributed by atoms with E-state index >= 15 is 0 Å². The van der Waals surface area contributed by atoms with E-state index in [4.69, 9.17) is 9.84 Å². The number of carbonyl (C=O) groups is 2. The lowest BCUT2D eigenvalue weighted by atomic mass is 9.96. The summed E-state index contributed by atoms with van der Waals surface area (Å²) in [5.74, 6) is -0.820. The van der Waals surface area contributed by atoms with E-state index in [0.29, 0.717) is 19.3 Å². The van der Waals surface area contributed by atoms with Crippen molar-refractivity contribution in [3.05, 3.63) is 72.4 Å². The van der Waals surface area contributed by atoms with Gasteiger partial charge in [0, 0.05) is 19.0 Å². The minimum Gasteiger partial charge on any atom is -0.481 e. The van der Waals surface area contributed by atoms with Crippen LogP contribution in [-0.4, -0.2) is 22.8 Å². The van der Waals surface area contributed by atoms with E-state index in [2.05, 4.69) is 29.6 Å². The molecule has 0 aliphatic heterocycles. The third kappa shape index (κ3) is 7.66. The van der Waals surface area contributed by atoms with Crippen molar-refractivity contribution in [1.29, 1.82) is 0 Å². The molecule has 28 heavy (non-hydrogen) atoms. The molecule has 2 aromatic carbocycles. The Morgan fingerprint density at radius 1 is 1.04 bits per heavy atom. The zero-order chi connectivity index (χ0) is 20.4. The lowest BCUT2D eigenvalue weighted by Crippen LogP contribution is -2.34. The van der Waals surface area contributed by atoms with E-state index in [0.717, 1.165) is 11.1 Å². The number of unbranched alkanes of at least 4 members (excludes halogenated alkanes) is 1. The zero-order valence-electron chi connectivity index (χ0n) is 16.4. The van der Waals surface area contributed by atoms with Crippen LogP contribution >= 0.6 is 0 Å². The summed E-state index contributed by atoms with van der Waals surface area (Å²) in [6, 6.07) is 18.4. The van der Waals surface area contributed by atoms with E-state index in [9.17, 15) is 9.59 Å². The lowest BCUT2D eigenvalue weighted by molar-refractivity contribution is -0.137. The second kappa shape index (κ2) is 10.3. The van der Waals surface area contributed by atoms with Gasteiger partial charge in [-0.25, -0.2) is 4.79 Å². The molecule has 0 aliphatic carbocycles. The number of amides is 1. The fraction of sp³-hybridized carbons (Fsp3) is 0.304. The second-order valence-electron chi connectivity index (χ2n) is 7.22. The standard InChI is InChI=1S/C23H27NO4/c1-23(2,28-22(27)24-16-8-4-7-11-21(25)26)17-18-12-14-20(15-13-18)19-9-5-3-6-10-19/h3,5-6,8-10,12-16H,4,7,11,17H2,1-2H3,(H,24,27)(H,25,26)/b16-8-. The van der Waals surface area contributed by atoms with Gasteiger partial charge in [-0.05, 0) is 43.4 Å². The molecule has 2 N–H and O–H groups in total. The minimum atomic E-state index is -0.820. The Hall–Kier alpha value is -3.08. The molecular weight excluding hydrogens is 354 g/mol. The number of aliphatic carboxylic acids is 1. The molecule has 148 valence electrons. The first-order valence-electron chi connectivity index (χ1n) is 9.36. The van der Waals surface area contributed by atoms with Gasteiger partial charge in [-0.3, -0.25) is 10.1 Å². The molecule has 0 radical (unpaired) electrons. The highest BCUT2D eigenvalue weighted by atomic mass is 16.6. The summed E-state index contributed by atoms with van der Waals surface area (Å²) < 4.78 is 5.51. The molecule has 0 spiro atoms. The summed E-state index contributed by atoms with van der Waals surface area (Å²) in [7, 11) is 0. The maximum atomic E-state index is 12.0. The third-order valence-electron chi connectivity index (χ3n) is 4.14. The quantitative estimate of drug-likeness (QED) is 0.588. The topological polar surface area (TPSA) is 75.6 Å². The van der Waals surface area contributed by atoms with Crippen LogP contribution in [0.1, 0.15) is 38.7 Å². The first-order chi connectivity index (χ1) is 13.4. The van der Waals surface area contributed by atoms with Crippen LogP contribution in [0.25, 0.3) is 11.1 Å². The van der Waals surface area contributed by atoms with Crippen molar-refractivity contribution in [3.63, 3.8) is 0 Å². The van der Waals surface area contributed by atoms with Gasteiger partial charge in [0.2, 0.25) is 0 Å². The number of benzene rings is 2. The van der Waals surface area contributed by atoms with Gasteiger partial charge in [0.15, 0.2) is 0 Å². The van der Waals surface area contributed by atoms with Crippen LogP contribution in [0.15, 0.2) is 66.9 Å². The molecule has 0 atom stereocenters. The Balaban J connectivity index is 1.81. The molecule has 0 aromatic heterocycles. The van der Waals surface area contributed by atoms with Crippen molar-refractivity contribution in [2.45, 2.75) is 45.1 Å². The Morgan fingerprint density at radius 2 is 1.68 bits per heavy atom. The fourth-order valence-electron chi connectivity index (χ4n) is 2.84. The van der Waals surface area contributed by atoms with Crippen LogP contribution in [0.3, 0.4) is 0 Å². The van der Waals surface area contributed by atoms with Gasteiger partial charge in [0.1, 0.15) is 5.60 Å². The number of carboxylic acids is 1. The van der Waals surface area contributed by atoms with Crippen LogP contribution in [0.5, 0.6) is 0 Å². The predicted octanol–water partition coefficient (Wildman–Crippen LogP) is 5.17. The number of ether oxygens (including phenoxy) is 1. The van der Waals surface area contributed by atoms with Gasteiger partial charge in [-0.2, -0.15) is 0 Å². The number of alkyl carbamates (subject to hydrolysis) is 1. The summed E-state index contributed by atoms with van der Waals surface area (Å²) in [6.07, 6.45) is 4.52. The van der Waals surface area contributed by atoms with Crippen molar-refractivity contribution in [3.8, 4) is 11.1 Å². The van der Waals surface area contributed by atoms with Crippen molar-refractivity contribution < 1.29 is 19.4 Å². The molecule has 0 aliphatic rings. The van der Waals surface area contributed by atoms with E-state index in [1.165, 1.54) is 11.8 Å². The van der Waals surface area contributed by atoms with Crippen molar-refractivity contribution >= 4 is 12.1 Å². The van der Waals surface area contributed by atoms with Crippen LogP contribution in [0.2, 0.25) is 0 Å². The molecular formula is C23H27NO4. The number of nitrogens with one attached hydrogen (secondary N) is 1. The highest BCUT2D eigenvalue weighted by Crippen LogP contribution is 2.22. The summed E-state index contributed by atoms with van der Waals surface area (Å²) in [5.41, 5.74) is 2.74. The van der Waals surface area contributed by atoms with Gasteiger partial charge >= 0.3 is 12.1 Å². The second-order valence-corrected chi connectivity index (χ2v) is 7.22. The third-order valence-corrected chi connectivity index (χ3v) is 4.14. The summed E-state index contributed by atoms with van der Waals surface area (Å²) in [6.45, 7) is 3.74. The monoisotopic (exact) mass is 381 g/mol. The number of allylic oxidation sites excluding steroid dienone is 1. The number of hydrogen-bond donors (Lipinski definition) is 2. The van der Waals surface area contributed by atoms with Gasteiger partial charge in [0.05, 0.1) is 0 Å². The Morgan fingerprint density at radius 3 is 2.32 bits per heavy atom. The SMILES string of the molecule is CC(C)(Cc1ccc(-c2ccccc2)cc1)OC(=O)N/C=C\CCCC(=O)O. The van der Waals surface area contributed by atoms with Gasteiger partial charge in [-0.15, -0.1) is 0 Å². The highest BCUT2D eigenvalue weighted by Gasteiger charge is 2.23. The fourth-order valence-corrected chi connectivity index (χ4v) is 2.84. The first-order valence-corrected chi connectivity index (χ1v) is 9.36. The van der Waals surface area contributed by atoms with E-state index < -0.39 is 17.7 Å². The van der Waals surface area contributed by atoms with Crippen LogP contribution in [-0.2, 0) is 16.0 Å². The molecule has 0 fully saturated rings. The number of carboxylic acid groups (broad SMARTS) is 1. The van der Waals surface area contributed by atoms with E-state index in [-0.39, 0.29) is 6.42 Å². The van der Waals surface area contributed by atoms with Crippen LogP contribution < -0.4 is 5.32 Å². The number of carbonyl (C=O) groups excluding carboxylic acids is 1. The van der Waals surface area contributed by atoms with Crippen molar-refractivity contribution in [1.82, 2.24) is 5.32 Å². The Labute approximate surface area is 166 Å². The molecule has 0 heterocycles. The molecule has 0 saturated heterocycles. The summed E-state index contributed by atoms with van der Waals surface area (Å²) in [5, 5.41) is 11.1. The zero-order valence-corrected chi connectivity index (χ0v) is 16.4. The van der Waals surface area contributed by atoms with E-state index in [1.54, 1.807) is 6.08 Å². The smallest absolute Gasteiger partial charge is 0.411 e. The number of rotatable bonds is 9. The molecule has 1 amide bonds. The summed E-state index contributed by atoms with van der Waals surface area (Å²) >= 11 is 0. The Bertz CT molecular complexity index is 795. The molecule has 2 aromatic rings. The normalized spacial score (nSPS) is 11.4. The summed E-state index contributed by atoms with van der Waals surface area (Å²) in [4.78, 5) is 22.4. The first kappa shape index (κ1) is 21.2. The lowest BCUT2D eigenvalue weighted by Gasteiger charge is -2.25. The maximum absolute atomic E-state index is 12.0.